The largest absolute Gasteiger partial charge is 0.494 e. The average molecular weight is 465 g/mol. The molecular formula is C22H29N2O5PS. The molecule has 1 aromatic heterocycles. The van der Waals surface area contributed by atoms with E-state index in [-0.39, 0.29) is 0 Å². The van der Waals surface area contributed by atoms with Gasteiger partial charge in [0.2, 0.25) is 5.91 Å². The van der Waals surface area contributed by atoms with Gasteiger partial charge >= 0.3 is 0 Å². The summed E-state index contributed by atoms with van der Waals surface area (Å²) in [5.74, 6) is 0.232. The highest BCUT2D eigenvalue weighted by atomic mass is 32.7. The number of primary amides is 1. The molecule has 7 nitrogen and oxygen atoms in total. The van der Waals surface area contributed by atoms with Crippen LogP contribution < -0.4 is 10.5 Å². The second-order valence-corrected chi connectivity index (χ2v) is 13.3. The molecule has 0 radical (unpaired) electrons. The minimum absolute atomic E-state index is 0.396. The first-order valence-electron chi connectivity index (χ1n) is 10.3. The van der Waals surface area contributed by atoms with Gasteiger partial charge in [0.05, 0.1) is 25.5 Å². The number of carbonyl (C=O) groups is 1. The Morgan fingerprint density at radius 1 is 1.19 bits per heavy atom. The summed E-state index contributed by atoms with van der Waals surface area (Å²) in [5.41, 5.74) is 6.58. The van der Waals surface area contributed by atoms with Gasteiger partial charge in [-0.15, -0.1) is 0 Å². The number of amides is 1. The van der Waals surface area contributed by atoms with Gasteiger partial charge < -0.3 is 24.5 Å². The van der Waals surface area contributed by atoms with Crippen LogP contribution in [0.5, 0.6) is 5.75 Å². The van der Waals surface area contributed by atoms with Crippen molar-refractivity contribution < 1.29 is 23.6 Å². The third-order valence-corrected chi connectivity index (χ3v) is 11.1. The first-order valence-corrected chi connectivity index (χ1v) is 13.9. The van der Waals surface area contributed by atoms with Crippen molar-refractivity contribution in [1.82, 2.24) is 4.98 Å². The molecule has 1 amide bonds. The van der Waals surface area contributed by atoms with E-state index in [0.29, 0.717) is 45.9 Å². The Morgan fingerprint density at radius 2 is 1.94 bits per heavy atom. The highest BCUT2D eigenvalue weighted by molar-refractivity contribution is 8.58. The molecule has 168 valence electrons. The second kappa shape index (κ2) is 11.1. The third kappa shape index (κ3) is 6.32. The lowest BCUT2D eigenvalue weighted by Crippen LogP contribution is -2.47. The van der Waals surface area contributed by atoms with Crippen LogP contribution in [0, 0.1) is 0 Å². The molecule has 0 bridgehead atoms. The van der Waals surface area contributed by atoms with Crippen molar-refractivity contribution in [2.24, 2.45) is 5.73 Å². The van der Waals surface area contributed by atoms with Crippen LogP contribution in [-0.2, 0) is 25.4 Å². The number of rotatable bonds is 11. The number of pyridine rings is 1. The van der Waals surface area contributed by atoms with Crippen LogP contribution in [0.2, 0.25) is 0 Å². The fourth-order valence-electron chi connectivity index (χ4n) is 3.46. The summed E-state index contributed by atoms with van der Waals surface area (Å²) >= 11 is 1.24. The Bertz CT molecular complexity index is 889. The zero-order chi connectivity index (χ0) is 22.2. The Labute approximate surface area is 187 Å². The summed E-state index contributed by atoms with van der Waals surface area (Å²) in [5, 5.41) is -1.01. The Kier molecular flexibility index (Phi) is 8.55. The van der Waals surface area contributed by atoms with Crippen LogP contribution >= 0.6 is 17.7 Å². The van der Waals surface area contributed by atoms with Crippen LogP contribution in [-0.4, -0.2) is 49.1 Å². The summed E-state index contributed by atoms with van der Waals surface area (Å²) < 4.78 is 30.2. The Hall–Kier alpha value is -1.86. The molecule has 2 N–H and O–H groups in total. The highest BCUT2D eigenvalue weighted by Gasteiger charge is 2.51. The standard InChI is InChI=1S/C22H29N2O5PS/c1-30(26,22(21(23)25)10-15-27-16-11-22)31-20-8-6-19(7-9-20)29-14-4-13-28-17-18-5-2-3-12-24-18/h2-3,5-9,12H,4,10-11,13-17H2,1H3,(H2,23,25). The minimum atomic E-state index is -2.95. The van der Waals surface area contributed by atoms with Crippen molar-refractivity contribution in [1.29, 1.82) is 0 Å². The van der Waals surface area contributed by atoms with Gasteiger partial charge in [-0.05, 0) is 55.9 Å². The number of hydrogen-bond acceptors (Lipinski definition) is 7. The number of carbonyl (C=O) groups excluding carboxylic acids is 1. The SMILES string of the molecule is CP(=O)(Sc1ccc(OCCCOCc2ccccn2)cc1)C1(C(N)=O)CCOCC1. The number of nitrogens with zero attached hydrogens (tertiary/aromatic N) is 1. The molecule has 0 aliphatic carbocycles. The van der Waals surface area contributed by atoms with Crippen molar-refractivity contribution in [3.8, 4) is 5.75 Å². The van der Waals surface area contributed by atoms with Gasteiger partial charge in [-0.2, -0.15) is 0 Å². The normalized spacial score (nSPS) is 17.6. The van der Waals surface area contributed by atoms with Gasteiger partial charge in [-0.3, -0.25) is 9.78 Å². The molecule has 1 fully saturated rings. The summed E-state index contributed by atoms with van der Waals surface area (Å²) in [4.78, 5) is 17.2. The van der Waals surface area contributed by atoms with E-state index in [1.807, 2.05) is 42.5 Å². The van der Waals surface area contributed by atoms with Crippen LogP contribution in [0.3, 0.4) is 0 Å². The molecule has 2 heterocycles. The van der Waals surface area contributed by atoms with Gasteiger partial charge in [0.25, 0.3) is 0 Å². The molecule has 1 unspecified atom stereocenters. The highest BCUT2D eigenvalue weighted by Crippen LogP contribution is 2.70. The van der Waals surface area contributed by atoms with E-state index in [4.69, 9.17) is 19.9 Å². The van der Waals surface area contributed by atoms with Crippen LogP contribution in [0.1, 0.15) is 25.0 Å². The quantitative estimate of drug-likeness (QED) is 0.395. The van der Waals surface area contributed by atoms with E-state index in [0.717, 1.165) is 22.8 Å². The predicted octanol–water partition coefficient (Wildman–Crippen LogP) is 4.10. The maximum Gasteiger partial charge on any atom is 0.232 e. The fourth-order valence-corrected chi connectivity index (χ4v) is 8.60. The number of aromatic nitrogens is 1. The number of ether oxygens (including phenoxy) is 3. The molecule has 0 spiro atoms. The first kappa shape index (κ1) is 23.8. The van der Waals surface area contributed by atoms with E-state index in [1.54, 1.807) is 12.9 Å². The molecule has 1 atom stereocenters. The summed E-state index contributed by atoms with van der Waals surface area (Å²) in [6.07, 6.45) is 0.348. The van der Waals surface area contributed by atoms with Crippen LogP contribution in [0.4, 0.5) is 0 Å². The topological polar surface area (TPSA) is 101 Å². The van der Waals surface area contributed by atoms with Crippen molar-refractivity contribution >= 4 is 23.6 Å². The number of nitrogens with two attached hydrogens (primary N) is 1. The smallest absolute Gasteiger partial charge is 0.232 e. The van der Waals surface area contributed by atoms with Gasteiger partial charge in [0.1, 0.15) is 10.9 Å². The fraction of sp³-hybridized carbons (Fsp3) is 0.455. The molecule has 3 rings (SSSR count). The van der Waals surface area contributed by atoms with E-state index in [9.17, 15) is 9.36 Å². The van der Waals surface area contributed by atoms with Gasteiger partial charge in [-0.1, -0.05) is 17.4 Å². The van der Waals surface area contributed by atoms with Crippen LogP contribution in [0.15, 0.2) is 53.6 Å². The van der Waals surface area contributed by atoms with Gasteiger partial charge in [0, 0.05) is 30.7 Å². The van der Waals surface area contributed by atoms with E-state index < -0.39 is 17.4 Å². The third-order valence-electron chi connectivity index (χ3n) is 5.34. The van der Waals surface area contributed by atoms with Gasteiger partial charge in [-0.25, -0.2) is 0 Å². The zero-order valence-corrected chi connectivity index (χ0v) is 19.4. The van der Waals surface area contributed by atoms with Crippen molar-refractivity contribution in [3.05, 3.63) is 54.4 Å². The Morgan fingerprint density at radius 3 is 2.58 bits per heavy atom. The maximum absolute atomic E-state index is 13.5. The van der Waals surface area contributed by atoms with E-state index in [2.05, 4.69) is 4.98 Å². The van der Waals surface area contributed by atoms with Crippen molar-refractivity contribution in [2.45, 2.75) is 35.9 Å². The zero-order valence-electron chi connectivity index (χ0n) is 17.7. The van der Waals surface area contributed by atoms with E-state index >= 15 is 0 Å². The van der Waals surface area contributed by atoms with Crippen LogP contribution in [0.25, 0.3) is 0 Å². The van der Waals surface area contributed by atoms with Crippen molar-refractivity contribution in [3.63, 3.8) is 0 Å². The molecule has 1 aromatic carbocycles. The summed E-state index contributed by atoms with van der Waals surface area (Å²) in [7, 11) is 0. The average Bonchev–Trinajstić information content (AvgIpc) is 2.78. The minimum Gasteiger partial charge on any atom is -0.494 e. The van der Waals surface area contributed by atoms with Crippen molar-refractivity contribution in [2.75, 3.05) is 33.1 Å². The molecule has 2 aromatic rings. The summed E-state index contributed by atoms with van der Waals surface area (Å²) in [6.45, 7) is 4.07. The predicted molar refractivity (Wildman–Crippen MR) is 122 cm³/mol. The summed E-state index contributed by atoms with van der Waals surface area (Å²) in [6, 6.07) is 13.2. The maximum atomic E-state index is 13.5. The molecule has 1 aliphatic rings. The lowest BCUT2D eigenvalue weighted by Gasteiger charge is -2.38. The monoisotopic (exact) mass is 464 g/mol. The second-order valence-electron chi connectivity index (χ2n) is 7.49. The lowest BCUT2D eigenvalue weighted by molar-refractivity contribution is -0.122. The molecular weight excluding hydrogens is 435 g/mol. The first-order chi connectivity index (χ1) is 14.9. The van der Waals surface area contributed by atoms with Gasteiger partial charge in [0.15, 0.2) is 6.34 Å². The molecule has 1 saturated heterocycles. The number of hydrogen-bond donors (Lipinski definition) is 1. The molecule has 31 heavy (non-hydrogen) atoms. The molecule has 1 aliphatic heterocycles. The number of benzene rings is 1. The molecule has 0 saturated carbocycles. The lowest BCUT2D eigenvalue weighted by atomic mass is 9.98. The van der Waals surface area contributed by atoms with E-state index in [1.165, 1.54) is 11.4 Å². The Balaban J connectivity index is 1.45. The molecule has 9 heteroatoms.